The van der Waals surface area contributed by atoms with E-state index in [2.05, 4.69) is 42.8 Å². The molecule has 0 spiro atoms. The van der Waals surface area contributed by atoms with Crippen LogP contribution in [0.1, 0.15) is 33.5 Å². The molecule has 0 N–H and O–H groups in total. The summed E-state index contributed by atoms with van der Waals surface area (Å²) in [5, 5.41) is 0. The summed E-state index contributed by atoms with van der Waals surface area (Å²) >= 11 is 5.73. The maximum atomic E-state index is 5.63. The van der Waals surface area contributed by atoms with Crippen molar-refractivity contribution < 1.29 is 4.74 Å². The summed E-state index contributed by atoms with van der Waals surface area (Å²) in [5.74, 6) is 0.623. The zero-order valence-electron chi connectivity index (χ0n) is 9.42. The maximum absolute atomic E-state index is 5.63. The van der Waals surface area contributed by atoms with Gasteiger partial charge in [-0.3, -0.25) is 0 Å². The molecule has 1 aromatic heterocycles. The van der Waals surface area contributed by atoms with Crippen molar-refractivity contribution in [3.05, 3.63) is 21.4 Å². The van der Waals surface area contributed by atoms with Crippen LogP contribution in [-0.4, -0.2) is 12.7 Å². The van der Waals surface area contributed by atoms with E-state index in [1.54, 1.807) is 0 Å². The molecule has 2 rings (SSSR count). The summed E-state index contributed by atoms with van der Waals surface area (Å²) in [4.78, 5) is 3.30. The topological polar surface area (TPSA) is 9.23 Å². The van der Waals surface area contributed by atoms with Gasteiger partial charge >= 0.3 is 0 Å². The van der Waals surface area contributed by atoms with E-state index in [1.165, 1.54) is 21.7 Å². The Morgan fingerprint density at radius 2 is 2.27 bits per heavy atom. The van der Waals surface area contributed by atoms with Gasteiger partial charge in [-0.25, -0.2) is 0 Å². The van der Waals surface area contributed by atoms with Crippen LogP contribution >= 0.6 is 27.3 Å². The number of hydrogen-bond donors (Lipinski definition) is 0. The standard InChI is InChI=1S/C12H17BrOS/c1-7-6-11(9(3)15-7)12(13)10-4-5-14-8(10)2/h6,8,10,12H,4-5H2,1-3H3. The molecule has 3 unspecified atom stereocenters. The predicted molar refractivity (Wildman–Crippen MR) is 69.0 cm³/mol. The summed E-state index contributed by atoms with van der Waals surface area (Å²) in [7, 11) is 0. The summed E-state index contributed by atoms with van der Waals surface area (Å²) in [6.07, 6.45) is 1.56. The Kier molecular flexibility index (Phi) is 3.53. The molecule has 3 heteroatoms. The molecule has 15 heavy (non-hydrogen) atoms. The number of halogens is 1. The molecule has 1 aliphatic rings. The van der Waals surface area contributed by atoms with Crippen molar-refractivity contribution in [2.45, 2.75) is 38.1 Å². The summed E-state index contributed by atoms with van der Waals surface area (Å²) in [6, 6.07) is 2.31. The molecule has 0 aliphatic carbocycles. The van der Waals surface area contributed by atoms with Gasteiger partial charge in [0.05, 0.1) is 6.10 Å². The third kappa shape index (κ3) is 2.29. The van der Waals surface area contributed by atoms with E-state index in [0.29, 0.717) is 16.8 Å². The van der Waals surface area contributed by atoms with Gasteiger partial charge in [0.25, 0.3) is 0 Å². The maximum Gasteiger partial charge on any atom is 0.0589 e. The van der Waals surface area contributed by atoms with Crippen molar-refractivity contribution in [3.63, 3.8) is 0 Å². The SMILES string of the molecule is Cc1cc(C(Br)C2CCOC2C)c(C)s1. The normalized spacial score (nSPS) is 28.3. The lowest BCUT2D eigenvalue weighted by Gasteiger charge is -2.20. The molecule has 3 atom stereocenters. The Morgan fingerprint density at radius 1 is 1.53 bits per heavy atom. The smallest absolute Gasteiger partial charge is 0.0589 e. The van der Waals surface area contributed by atoms with Crippen LogP contribution in [0.15, 0.2) is 6.07 Å². The molecule has 1 nitrogen and oxygen atoms in total. The van der Waals surface area contributed by atoms with Gasteiger partial charge in [0, 0.05) is 27.1 Å². The number of hydrogen-bond acceptors (Lipinski definition) is 2. The second kappa shape index (κ2) is 4.56. The highest BCUT2D eigenvalue weighted by Gasteiger charge is 2.32. The first-order valence-corrected chi connectivity index (χ1v) is 7.15. The summed E-state index contributed by atoms with van der Waals surface area (Å²) in [6.45, 7) is 7.48. The molecule has 0 bridgehead atoms. The van der Waals surface area contributed by atoms with Crippen molar-refractivity contribution >= 4 is 27.3 Å². The molecule has 0 aromatic carbocycles. The Bertz CT molecular complexity index is 347. The molecule has 0 amide bonds. The molecule has 1 fully saturated rings. The van der Waals surface area contributed by atoms with E-state index in [4.69, 9.17) is 4.74 Å². The van der Waals surface area contributed by atoms with Crippen molar-refractivity contribution in [2.24, 2.45) is 5.92 Å². The molecule has 0 saturated carbocycles. The van der Waals surface area contributed by atoms with Gasteiger partial charge in [0.1, 0.15) is 0 Å². The molecule has 2 heterocycles. The highest BCUT2D eigenvalue weighted by atomic mass is 79.9. The molecule has 1 saturated heterocycles. The van der Waals surface area contributed by atoms with Gasteiger partial charge in [-0.1, -0.05) is 15.9 Å². The van der Waals surface area contributed by atoms with Crippen LogP contribution in [0, 0.1) is 19.8 Å². The molecule has 84 valence electrons. The highest BCUT2D eigenvalue weighted by molar-refractivity contribution is 9.09. The Balaban J connectivity index is 2.19. The first kappa shape index (κ1) is 11.6. The fraction of sp³-hybridized carbons (Fsp3) is 0.667. The van der Waals surface area contributed by atoms with Gasteiger partial charge in [-0.15, -0.1) is 11.3 Å². The number of thiophene rings is 1. The van der Waals surface area contributed by atoms with E-state index in [9.17, 15) is 0 Å². The predicted octanol–water partition coefficient (Wildman–Crippen LogP) is 4.23. The van der Waals surface area contributed by atoms with E-state index >= 15 is 0 Å². The average Bonchev–Trinajstić information content (AvgIpc) is 2.71. The van der Waals surface area contributed by atoms with E-state index in [-0.39, 0.29) is 0 Å². The quantitative estimate of drug-likeness (QED) is 0.740. The highest BCUT2D eigenvalue weighted by Crippen LogP contribution is 2.42. The van der Waals surface area contributed by atoms with Crippen molar-refractivity contribution in [1.29, 1.82) is 0 Å². The van der Waals surface area contributed by atoms with Gasteiger partial charge in [0.15, 0.2) is 0 Å². The Hall–Kier alpha value is 0.140. The molecular formula is C12H17BrOS. The number of alkyl halides is 1. The Labute approximate surface area is 104 Å². The summed E-state index contributed by atoms with van der Waals surface area (Å²) < 4.78 is 5.63. The summed E-state index contributed by atoms with van der Waals surface area (Å²) in [5.41, 5.74) is 1.46. The molecule has 0 radical (unpaired) electrons. The molecular weight excluding hydrogens is 272 g/mol. The monoisotopic (exact) mass is 288 g/mol. The van der Waals surface area contributed by atoms with Crippen LogP contribution in [0.4, 0.5) is 0 Å². The third-order valence-electron chi connectivity index (χ3n) is 3.19. The van der Waals surface area contributed by atoms with Crippen LogP contribution < -0.4 is 0 Å². The van der Waals surface area contributed by atoms with Gasteiger partial charge in [-0.2, -0.15) is 0 Å². The Morgan fingerprint density at radius 3 is 2.73 bits per heavy atom. The number of aryl methyl sites for hydroxylation is 2. The first-order valence-electron chi connectivity index (χ1n) is 5.42. The second-order valence-electron chi connectivity index (χ2n) is 4.30. The lowest BCUT2D eigenvalue weighted by molar-refractivity contribution is 0.105. The largest absolute Gasteiger partial charge is 0.378 e. The van der Waals surface area contributed by atoms with Crippen molar-refractivity contribution in [2.75, 3.05) is 6.61 Å². The van der Waals surface area contributed by atoms with E-state index in [1.807, 2.05) is 11.3 Å². The van der Waals surface area contributed by atoms with Gasteiger partial charge in [-0.05, 0) is 38.8 Å². The van der Waals surface area contributed by atoms with Crippen LogP contribution in [0.2, 0.25) is 0 Å². The first-order chi connectivity index (χ1) is 7.09. The minimum Gasteiger partial charge on any atom is -0.378 e. The van der Waals surface area contributed by atoms with Crippen LogP contribution in [-0.2, 0) is 4.74 Å². The second-order valence-corrected chi connectivity index (χ2v) is 6.75. The zero-order chi connectivity index (χ0) is 11.0. The molecule has 1 aliphatic heterocycles. The van der Waals surface area contributed by atoms with E-state index in [0.717, 1.165) is 6.61 Å². The van der Waals surface area contributed by atoms with Crippen molar-refractivity contribution in [1.82, 2.24) is 0 Å². The van der Waals surface area contributed by atoms with Crippen LogP contribution in [0.5, 0.6) is 0 Å². The average molecular weight is 289 g/mol. The van der Waals surface area contributed by atoms with Crippen molar-refractivity contribution in [3.8, 4) is 0 Å². The molecule has 1 aromatic rings. The van der Waals surface area contributed by atoms with Gasteiger partial charge in [0.2, 0.25) is 0 Å². The lowest BCUT2D eigenvalue weighted by atomic mass is 9.94. The number of rotatable bonds is 2. The zero-order valence-corrected chi connectivity index (χ0v) is 11.8. The minimum absolute atomic E-state index is 0.383. The van der Waals surface area contributed by atoms with Crippen LogP contribution in [0.3, 0.4) is 0 Å². The lowest BCUT2D eigenvalue weighted by Crippen LogP contribution is -2.16. The van der Waals surface area contributed by atoms with E-state index < -0.39 is 0 Å². The fourth-order valence-corrected chi connectivity index (χ4v) is 4.58. The fourth-order valence-electron chi connectivity index (χ4n) is 2.29. The minimum atomic E-state index is 0.383. The van der Waals surface area contributed by atoms with Crippen LogP contribution in [0.25, 0.3) is 0 Å². The van der Waals surface area contributed by atoms with Gasteiger partial charge < -0.3 is 4.74 Å². The third-order valence-corrected chi connectivity index (χ3v) is 5.34. The number of ether oxygens (including phenoxy) is 1.